The predicted molar refractivity (Wildman–Crippen MR) is 115 cm³/mol. The number of hydrogen-bond donors (Lipinski definition) is 1. The maximum absolute atomic E-state index is 12.6. The molecule has 0 aliphatic rings. The number of pyridine rings is 1. The average molecular weight is 390 g/mol. The zero-order valence-electron chi connectivity index (χ0n) is 17.2. The van der Waals surface area contributed by atoms with Crippen molar-refractivity contribution in [1.82, 2.24) is 4.98 Å². The van der Waals surface area contributed by atoms with Gasteiger partial charge in [-0.05, 0) is 69.3 Å². The third-order valence-electron chi connectivity index (χ3n) is 4.66. The number of anilines is 1. The summed E-state index contributed by atoms with van der Waals surface area (Å²) in [7, 11) is 1.68. The Bertz CT molecular complexity index is 966. The van der Waals surface area contributed by atoms with Gasteiger partial charge in [0.25, 0.3) is 5.91 Å². The van der Waals surface area contributed by atoms with Gasteiger partial charge in [-0.15, -0.1) is 0 Å². The summed E-state index contributed by atoms with van der Waals surface area (Å²) in [6, 6.07) is 18.8. The molecular formula is C24H26N2O3. The Morgan fingerprint density at radius 1 is 0.966 bits per heavy atom. The zero-order valence-corrected chi connectivity index (χ0v) is 17.2. The largest absolute Gasteiger partial charge is 0.457 e. The third kappa shape index (κ3) is 5.65. The van der Waals surface area contributed by atoms with Gasteiger partial charge in [-0.2, -0.15) is 0 Å². The molecule has 1 atom stereocenters. The van der Waals surface area contributed by atoms with Crippen LogP contribution in [0.1, 0.15) is 34.2 Å². The van der Waals surface area contributed by atoms with Crippen LogP contribution in [0.15, 0.2) is 60.7 Å². The molecular weight excluding hydrogens is 364 g/mol. The molecule has 150 valence electrons. The minimum atomic E-state index is -0.187. The van der Waals surface area contributed by atoms with Crippen LogP contribution in [-0.2, 0) is 11.2 Å². The lowest BCUT2D eigenvalue weighted by Gasteiger charge is -2.12. The predicted octanol–water partition coefficient (Wildman–Crippen LogP) is 5.32. The van der Waals surface area contributed by atoms with Gasteiger partial charge in [-0.1, -0.05) is 17.7 Å². The van der Waals surface area contributed by atoms with Gasteiger partial charge in [0.2, 0.25) is 0 Å². The van der Waals surface area contributed by atoms with Gasteiger partial charge in [-0.3, -0.25) is 9.78 Å². The van der Waals surface area contributed by atoms with Crippen molar-refractivity contribution in [2.75, 3.05) is 12.4 Å². The number of rotatable bonds is 7. The normalized spacial score (nSPS) is 11.7. The van der Waals surface area contributed by atoms with Gasteiger partial charge in [0.15, 0.2) is 0 Å². The summed E-state index contributed by atoms with van der Waals surface area (Å²) < 4.78 is 11.1. The molecule has 0 bridgehead atoms. The van der Waals surface area contributed by atoms with Crippen LogP contribution < -0.4 is 10.1 Å². The van der Waals surface area contributed by atoms with E-state index >= 15 is 0 Å². The number of methoxy groups -OCH3 is 1. The molecule has 1 N–H and O–H groups in total. The molecule has 1 heterocycles. The molecule has 0 aliphatic carbocycles. The van der Waals surface area contributed by atoms with Gasteiger partial charge in [0, 0.05) is 24.9 Å². The topological polar surface area (TPSA) is 60.5 Å². The van der Waals surface area contributed by atoms with E-state index in [0.29, 0.717) is 29.1 Å². The first kappa shape index (κ1) is 20.6. The van der Waals surface area contributed by atoms with Crippen LogP contribution >= 0.6 is 0 Å². The van der Waals surface area contributed by atoms with E-state index in [4.69, 9.17) is 9.47 Å². The van der Waals surface area contributed by atoms with Gasteiger partial charge in [0.1, 0.15) is 11.5 Å². The Morgan fingerprint density at radius 3 is 2.17 bits per heavy atom. The summed E-state index contributed by atoms with van der Waals surface area (Å²) in [6.07, 6.45) is 0.795. The summed E-state index contributed by atoms with van der Waals surface area (Å²) in [5, 5.41) is 2.91. The van der Waals surface area contributed by atoms with E-state index in [1.807, 2.05) is 81.4 Å². The number of aryl methyl sites for hydroxylation is 2. The van der Waals surface area contributed by atoms with E-state index in [-0.39, 0.29) is 12.0 Å². The first-order valence-electron chi connectivity index (χ1n) is 9.60. The maximum atomic E-state index is 12.6. The molecule has 0 aliphatic heterocycles. The Balaban J connectivity index is 1.63. The Morgan fingerprint density at radius 2 is 1.59 bits per heavy atom. The van der Waals surface area contributed by atoms with E-state index in [2.05, 4.69) is 10.3 Å². The van der Waals surface area contributed by atoms with Crippen molar-refractivity contribution in [1.29, 1.82) is 0 Å². The molecule has 3 rings (SSSR count). The Labute approximate surface area is 171 Å². The smallest absolute Gasteiger partial charge is 0.257 e. The second-order valence-corrected chi connectivity index (χ2v) is 7.08. The molecule has 0 radical (unpaired) electrons. The number of ether oxygens (including phenoxy) is 2. The molecule has 1 unspecified atom stereocenters. The van der Waals surface area contributed by atoms with Gasteiger partial charge in [-0.25, -0.2) is 0 Å². The molecule has 0 fully saturated rings. The van der Waals surface area contributed by atoms with E-state index in [9.17, 15) is 4.79 Å². The monoisotopic (exact) mass is 390 g/mol. The Hall–Kier alpha value is -3.18. The fraction of sp³-hybridized carbons (Fsp3) is 0.250. The van der Waals surface area contributed by atoms with E-state index in [0.717, 1.165) is 11.4 Å². The van der Waals surface area contributed by atoms with Crippen LogP contribution in [0, 0.1) is 13.8 Å². The van der Waals surface area contributed by atoms with Crippen molar-refractivity contribution in [2.24, 2.45) is 0 Å². The lowest BCUT2D eigenvalue weighted by atomic mass is 10.1. The highest BCUT2D eigenvalue weighted by atomic mass is 16.5. The molecule has 3 aromatic rings. The van der Waals surface area contributed by atoms with Crippen molar-refractivity contribution < 1.29 is 14.3 Å². The summed E-state index contributed by atoms with van der Waals surface area (Å²) >= 11 is 0. The second-order valence-electron chi connectivity index (χ2n) is 7.08. The minimum Gasteiger partial charge on any atom is -0.457 e. The fourth-order valence-corrected chi connectivity index (χ4v) is 2.89. The molecule has 0 saturated carbocycles. The molecule has 0 spiro atoms. The van der Waals surface area contributed by atoms with Crippen molar-refractivity contribution in [3.05, 3.63) is 83.2 Å². The van der Waals surface area contributed by atoms with E-state index in [1.165, 1.54) is 5.56 Å². The quantitative estimate of drug-likeness (QED) is 0.593. The lowest BCUT2D eigenvalue weighted by Crippen LogP contribution is -2.16. The number of benzene rings is 2. The molecule has 1 amide bonds. The van der Waals surface area contributed by atoms with Crippen molar-refractivity contribution >= 4 is 11.6 Å². The van der Waals surface area contributed by atoms with Gasteiger partial charge in [0.05, 0.1) is 17.4 Å². The second kappa shape index (κ2) is 9.34. The summed E-state index contributed by atoms with van der Waals surface area (Å²) in [4.78, 5) is 17.2. The lowest BCUT2D eigenvalue weighted by molar-refractivity contribution is 0.102. The van der Waals surface area contributed by atoms with E-state index in [1.54, 1.807) is 7.11 Å². The minimum absolute atomic E-state index is 0.0854. The highest BCUT2D eigenvalue weighted by Crippen LogP contribution is 2.23. The van der Waals surface area contributed by atoms with Crippen molar-refractivity contribution in [3.63, 3.8) is 0 Å². The zero-order chi connectivity index (χ0) is 20.8. The number of aromatic nitrogens is 1. The third-order valence-corrected chi connectivity index (χ3v) is 4.66. The van der Waals surface area contributed by atoms with Crippen LogP contribution in [0.2, 0.25) is 0 Å². The fourth-order valence-electron chi connectivity index (χ4n) is 2.89. The van der Waals surface area contributed by atoms with Crippen LogP contribution in [-0.4, -0.2) is 24.1 Å². The average Bonchev–Trinajstić information content (AvgIpc) is 2.71. The highest BCUT2D eigenvalue weighted by molar-refractivity contribution is 6.05. The molecule has 2 aromatic carbocycles. The van der Waals surface area contributed by atoms with Crippen LogP contribution in [0.5, 0.6) is 11.5 Å². The van der Waals surface area contributed by atoms with Crippen molar-refractivity contribution in [2.45, 2.75) is 33.3 Å². The summed E-state index contributed by atoms with van der Waals surface area (Å²) in [5.41, 5.74) is 4.04. The number of carbonyl (C=O) groups excluding carboxylic acids is 1. The molecule has 1 aromatic heterocycles. The number of nitrogens with one attached hydrogen (secondary N) is 1. The number of hydrogen-bond acceptors (Lipinski definition) is 4. The summed E-state index contributed by atoms with van der Waals surface area (Å²) in [5.74, 6) is 1.30. The van der Waals surface area contributed by atoms with Crippen LogP contribution in [0.3, 0.4) is 0 Å². The molecule has 5 nitrogen and oxygen atoms in total. The summed E-state index contributed by atoms with van der Waals surface area (Å²) in [6.45, 7) is 5.87. The number of amides is 1. The first-order valence-corrected chi connectivity index (χ1v) is 9.60. The number of nitrogens with zero attached hydrogens (tertiary/aromatic N) is 1. The maximum Gasteiger partial charge on any atom is 0.257 e. The van der Waals surface area contributed by atoms with Crippen LogP contribution in [0.4, 0.5) is 5.69 Å². The highest BCUT2D eigenvalue weighted by Gasteiger charge is 2.12. The first-order chi connectivity index (χ1) is 13.9. The standard InChI is InChI=1S/C24H26N2O3/c1-16-5-10-21(11-6-16)29-22-12-7-19(8-13-22)26-24(27)23-14-9-20(25-18(23)3)15-17(2)28-4/h5-14,17H,15H2,1-4H3,(H,26,27). The SMILES string of the molecule is COC(C)Cc1ccc(C(=O)Nc2ccc(Oc3ccc(C)cc3)cc2)c(C)n1. The van der Waals surface area contributed by atoms with Gasteiger partial charge < -0.3 is 14.8 Å². The van der Waals surface area contributed by atoms with Crippen LogP contribution in [0.25, 0.3) is 0 Å². The molecule has 0 saturated heterocycles. The Kier molecular flexibility index (Phi) is 6.62. The van der Waals surface area contributed by atoms with Crippen molar-refractivity contribution in [3.8, 4) is 11.5 Å². The van der Waals surface area contributed by atoms with Gasteiger partial charge >= 0.3 is 0 Å². The molecule has 5 heteroatoms. The number of carbonyl (C=O) groups is 1. The molecule has 29 heavy (non-hydrogen) atoms. The van der Waals surface area contributed by atoms with E-state index < -0.39 is 0 Å².